The number of hydrogen-bond acceptors (Lipinski definition) is 3. The van der Waals surface area contributed by atoms with E-state index < -0.39 is 0 Å². The van der Waals surface area contributed by atoms with Crippen LogP contribution >= 0.6 is 0 Å². The summed E-state index contributed by atoms with van der Waals surface area (Å²) in [5.74, 6) is 0.503. The molecule has 0 spiro atoms. The van der Waals surface area contributed by atoms with Gasteiger partial charge in [-0.05, 0) is 24.8 Å². The van der Waals surface area contributed by atoms with Gasteiger partial charge in [0.15, 0.2) is 5.82 Å². The number of aromatic nitrogens is 2. The Hall–Kier alpha value is -2.23. The molecular weight excluding hydrogens is 250 g/mol. The quantitative estimate of drug-likeness (QED) is 0.910. The van der Waals surface area contributed by atoms with E-state index in [2.05, 4.69) is 28.5 Å². The summed E-state index contributed by atoms with van der Waals surface area (Å²) in [6, 6.07) is 8.33. The number of aryl methyl sites for hydroxylation is 3. The van der Waals surface area contributed by atoms with Crippen LogP contribution in [-0.2, 0) is 24.1 Å². The smallest absolute Gasteiger partial charge is 0.222 e. The summed E-state index contributed by atoms with van der Waals surface area (Å²) in [4.78, 5) is 20.6. The van der Waals surface area contributed by atoms with Crippen molar-refractivity contribution in [3.63, 3.8) is 0 Å². The average molecular weight is 267 g/mol. The number of benzene rings is 1. The first kappa shape index (κ1) is 12.8. The molecule has 1 aliphatic rings. The van der Waals surface area contributed by atoms with Crippen LogP contribution in [0.25, 0.3) is 11.3 Å². The molecular formula is C16H17N3O. The van der Waals surface area contributed by atoms with Crippen molar-refractivity contribution in [2.75, 3.05) is 5.32 Å². The van der Waals surface area contributed by atoms with Gasteiger partial charge in [0.2, 0.25) is 5.91 Å². The average Bonchev–Trinajstić information content (AvgIpc) is 2.45. The molecule has 2 aromatic rings. The van der Waals surface area contributed by atoms with Crippen LogP contribution in [0.3, 0.4) is 0 Å². The Labute approximate surface area is 118 Å². The third-order valence-corrected chi connectivity index (χ3v) is 3.57. The molecule has 1 aromatic carbocycles. The first-order valence-corrected chi connectivity index (χ1v) is 6.94. The Bertz CT molecular complexity index is 679. The van der Waals surface area contributed by atoms with Crippen LogP contribution in [0, 0.1) is 0 Å². The molecule has 0 bridgehead atoms. The highest BCUT2D eigenvalue weighted by Gasteiger charge is 2.20. The molecule has 1 amide bonds. The molecule has 0 fully saturated rings. The third kappa shape index (κ3) is 2.18. The minimum absolute atomic E-state index is 0.106. The zero-order valence-corrected chi connectivity index (χ0v) is 11.7. The second kappa shape index (κ2) is 5.04. The number of carbonyl (C=O) groups is 1. The van der Waals surface area contributed by atoms with Crippen molar-refractivity contribution in [2.45, 2.75) is 33.1 Å². The highest BCUT2D eigenvalue weighted by atomic mass is 16.1. The number of hydrogen-bond donors (Lipinski definition) is 1. The van der Waals surface area contributed by atoms with Gasteiger partial charge in [-0.25, -0.2) is 9.97 Å². The molecule has 4 nitrogen and oxygen atoms in total. The lowest BCUT2D eigenvalue weighted by atomic mass is 9.92. The molecule has 0 unspecified atom stereocenters. The lowest BCUT2D eigenvalue weighted by Gasteiger charge is -2.20. The van der Waals surface area contributed by atoms with Crippen LogP contribution in [0.5, 0.6) is 0 Å². The molecule has 1 N–H and O–H groups in total. The predicted molar refractivity (Wildman–Crippen MR) is 78.6 cm³/mol. The number of nitrogens with zero attached hydrogens (tertiary/aromatic N) is 2. The van der Waals surface area contributed by atoms with E-state index in [1.807, 2.05) is 13.0 Å². The molecule has 20 heavy (non-hydrogen) atoms. The summed E-state index contributed by atoms with van der Waals surface area (Å²) in [5.41, 5.74) is 5.28. The summed E-state index contributed by atoms with van der Waals surface area (Å²) in [7, 11) is 0. The van der Waals surface area contributed by atoms with E-state index in [9.17, 15) is 4.79 Å². The molecule has 4 heteroatoms. The third-order valence-electron chi connectivity index (χ3n) is 3.57. The minimum Gasteiger partial charge on any atom is -0.309 e. The summed E-state index contributed by atoms with van der Waals surface area (Å²) >= 11 is 0. The van der Waals surface area contributed by atoms with Gasteiger partial charge in [0.25, 0.3) is 0 Å². The van der Waals surface area contributed by atoms with Crippen molar-refractivity contribution in [1.82, 2.24) is 9.97 Å². The van der Waals surface area contributed by atoms with Crippen LogP contribution in [0.1, 0.15) is 30.8 Å². The van der Waals surface area contributed by atoms with Crippen molar-refractivity contribution in [1.29, 1.82) is 0 Å². The van der Waals surface area contributed by atoms with Crippen molar-refractivity contribution < 1.29 is 4.79 Å². The van der Waals surface area contributed by atoms with Gasteiger partial charge in [-0.2, -0.15) is 0 Å². The first-order valence-electron chi connectivity index (χ1n) is 6.94. The lowest BCUT2D eigenvalue weighted by Crippen LogP contribution is -2.16. The Morgan fingerprint density at radius 2 is 2.05 bits per heavy atom. The van der Waals surface area contributed by atoms with Crippen LogP contribution in [0.2, 0.25) is 0 Å². The van der Waals surface area contributed by atoms with Gasteiger partial charge >= 0.3 is 0 Å². The number of nitrogens with one attached hydrogen (secondary N) is 1. The molecule has 1 heterocycles. The Morgan fingerprint density at radius 3 is 2.80 bits per heavy atom. The number of fused-ring (bicyclic) bond motifs is 3. The van der Waals surface area contributed by atoms with Gasteiger partial charge in [0, 0.05) is 12.5 Å². The van der Waals surface area contributed by atoms with Gasteiger partial charge in [-0.1, -0.05) is 31.2 Å². The van der Waals surface area contributed by atoms with E-state index in [0.717, 1.165) is 36.3 Å². The monoisotopic (exact) mass is 267 g/mol. The summed E-state index contributed by atoms with van der Waals surface area (Å²) < 4.78 is 0. The fourth-order valence-electron chi connectivity index (χ4n) is 2.63. The highest BCUT2D eigenvalue weighted by molar-refractivity contribution is 5.88. The summed E-state index contributed by atoms with van der Waals surface area (Å²) in [6.07, 6.45) is 2.59. The summed E-state index contributed by atoms with van der Waals surface area (Å²) in [5, 5.41) is 2.79. The molecule has 0 atom stereocenters. The second-order valence-corrected chi connectivity index (χ2v) is 5.01. The van der Waals surface area contributed by atoms with Gasteiger partial charge in [-0.15, -0.1) is 0 Å². The normalized spacial score (nSPS) is 12.5. The Morgan fingerprint density at radius 1 is 1.25 bits per heavy atom. The minimum atomic E-state index is -0.106. The van der Waals surface area contributed by atoms with Crippen molar-refractivity contribution in [3.8, 4) is 11.3 Å². The SMILES string of the molecule is CCc1nc2c(nc1NC(C)=O)CCc1ccccc1-2. The molecule has 0 saturated carbocycles. The Kier molecular flexibility index (Phi) is 3.22. The number of carbonyl (C=O) groups excluding carboxylic acids is 1. The van der Waals surface area contributed by atoms with Crippen molar-refractivity contribution >= 4 is 11.7 Å². The maximum absolute atomic E-state index is 11.3. The standard InChI is InChI=1S/C16H17N3O/c1-3-13-16(17-10(2)20)19-14-9-8-11-6-4-5-7-12(11)15(14)18-13/h4-7H,3,8-9H2,1-2H3,(H,17,19,20). The summed E-state index contributed by atoms with van der Waals surface area (Å²) in [6.45, 7) is 3.52. The number of amides is 1. The van der Waals surface area contributed by atoms with Crippen LogP contribution in [-0.4, -0.2) is 15.9 Å². The van der Waals surface area contributed by atoms with E-state index >= 15 is 0 Å². The van der Waals surface area contributed by atoms with E-state index in [0.29, 0.717) is 5.82 Å². The largest absolute Gasteiger partial charge is 0.309 e. The van der Waals surface area contributed by atoms with Crippen molar-refractivity contribution in [2.24, 2.45) is 0 Å². The van der Waals surface area contributed by atoms with Gasteiger partial charge in [0.1, 0.15) is 0 Å². The van der Waals surface area contributed by atoms with Gasteiger partial charge in [-0.3, -0.25) is 4.79 Å². The number of anilines is 1. The van der Waals surface area contributed by atoms with Gasteiger partial charge in [0.05, 0.1) is 17.1 Å². The van der Waals surface area contributed by atoms with E-state index in [1.54, 1.807) is 0 Å². The molecule has 102 valence electrons. The topological polar surface area (TPSA) is 54.9 Å². The molecule has 1 aromatic heterocycles. The molecule has 3 rings (SSSR count). The van der Waals surface area contributed by atoms with Crippen LogP contribution < -0.4 is 5.32 Å². The van der Waals surface area contributed by atoms with Gasteiger partial charge < -0.3 is 5.32 Å². The molecule has 1 aliphatic carbocycles. The number of rotatable bonds is 2. The second-order valence-electron chi connectivity index (χ2n) is 5.01. The fraction of sp³-hybridized carbons (Fsp3) is 0.312. The van der Waals surface area contributed by atoms with E-state index in [1.165, 1.54) is 18.1 Å². The maximum atomic E-state index is 11.3. The van der Waals surface area contributed by atoms with Crippen LogP contribution in [0.4, 0.5) is 5.82 Å². The Balaban J connectivity index is 2.14. The highest BCUT2D eigenvalue weighted by Crippen LogP contribution is 2.32. The zero-order chi connectivity index (χ0) is 14.1. The van der Waals surface area contributed by atoms with E-state index in [-0.39, 0.29) is 5.91 Å². The molecule has 0 saturated heterocycles. The maximum Gasteiger partial charge on any atom is 0.222 e. The lowest BCUT2D eigenvalue weighted by molar-refractivity contribution is -0.114. The molecule has 0 aliphatic heterocycles. The fourth-order valence-corrected chi connectivity index (χ4v) is 2.63. The van der Waals surface area contributed by atoms with Crippen LogP contribution in [0.15, 0.2) is 24.3 Å². The first-order chi connectivity index (χ1) is 9.69. The predicted octanol–water partition coefficient (Wildman–Crippen LogP) is 2.76. The zero-order valence-electron chi connectivity index (χ0n) is 11.7. The molecule has 0 radical (unpaired) electrons. The van der Waals surface area contributed by atoms with Crippen molar-refractivity contribution in [3.05, 3.63) is 41.2 Å². The van der Waals surface area contributed by atoms with E-state index in [4.69, 9.17) is 4.98 Å².